The Morgan fingerprint density at radius 2 is 1.50 bits per heavy atom. The van der Waals surface area contributed by atoms with E-state index < -0.39 is 27.8 Å². The molecule has 2 aromatic rings. The van der Waals surface area contributed by atoms with Gasteiger partial charge in [-0.3, -0.25) is 14.3 Å². The standard InChI is InChI=1S/C20H20Cl2N2O5S/c21-17-10-7-13(11-18(17)22)24-30(28,29)14-8-5-12(6-9-14)23-19(25)15-3-1-2-4-16(15)20(26)27/h5-11,15-16,24H,1-4H2,(H,23,25)(H,26,27)/t15-,16-/m0/s1. The third-order valence-electron chi connectivity index (χ3n) is 5.02. The van der Waals surface area contributed by atoms with Gasteiger partial charge in [-0.15, -0.1) is 0 Å². The number of rotatable bonds is 6. The van der Waals surface area contributed by atoms with Crippen LogP contribution in [0.15, 0.2) is 47.4 Å². The number of halogens is 2. The summed E-state index contributed by atoms with van der Waals surface area (Å²) in [7, 11) is -3.87. The Morgan fingerprint density at radius 1 is 0.900 bits per heavy atom. The zero-order valence-electron chi connectivity index (χ0n) is 15.8. The minimum Gasteiger partial charge on any atom is -0.481 e. The summed E-state index contributed by atoms with van der Waals surface area (Å²) in [4.78, 5) is 23.9. The first-order chi connectivity index (χ1) is 14.2. The van der Waals surface area contributed by atoms with E-state index in [-0.39, 0.29) is 21.5 Å². The lowest BCUT2D eigenvalue weighted by Crippen LogP contribution is -2.36. The van der Waals surface area contributed by atoms with Gasteiger partial charge >= 0.3 is 5.97 Å². The molecule has 0 unspecified atom stereocenters. The molecule has 160 valence electrons. The molecule has 1 aliphatic rings. The van der Waals surface area contributed by atoms with Crippen molar-refractivity contribution in [1.29, 1.82) is 0 Å². The van der Waals surface area contributed by atoms with E-state index in [2.05, 4.69) is 10.0 Å². The van der Waals surface area contributed by atoms with Crippen LogP contribution in [-0.4, -0.2) is 25.4 Å². The molecule has 0 saturated heterocycles. The van der Waals surface area contributed by atoms with Crippen molar-refractivity contribution in [2.24, 2.45) is 11.8 Å². The summed E-state index contributed by atoms with van der Waals surface area (Å²) < 4.78 is 27.5. The average Bonchev–Trinajstić information content (AvgIpc) is 2.71. The van der Waals surface area contributed by atoms with Gasteiger partial charge in [0.25, 0.3) is 10.0 Å². The molecule has 1 amide bonds. The fourth-order valence-corrected chi connectivity index (χ4v) is 4.81. The minimum atomic E-state index is -3.87. The SMILES string of the molecule is O=C(O)[C@H]1CCCC[C@@H]1C(=O)Nc1ccc(S(=O)(=O)Nc2ccc(Cl)c(Cl)c2)cc1. The highest BCUT2D eigenvalue weighted by molar-refractivity contribution is 7.92. The van der Waals surface area contributed by atoms with Crippen LogP contribution in [0.5, 0.6) is 0 Å². The van der Waals surface area contributed by atoms with Crippen LogP contribution in [0.4, 0.5) is 11.4 Å². The second-order valence-electron chi connectivity index (χ2n) is 7.08. The lowest BCUT2D eigenvalue weighted by molar-refractivity contribution is -0.147. The number of carbonyl (C=O) groups excluding carboxylic acids is 1. The van der Waals surface area contributed by atoms with Crippen molar-refractivity contribution in [3.8, 4) is 0 Å². The Balaban J connectivity index is 1.70. The summed E-state index contributed by atoms with van der Waals surface area (Å²) in [6, 6.07) is 9.99. The highest BCUT2D eigenvalue weighted by Crippen LogP contribution is 2.31. The van der Waals surface area contributed by atoms with Crippen molar-refractivity contribution < 1.29 is 23.1 Å². The van der Waals surface area contributed by atoms with Crippen LogP contribution in [0, 0.1) is 11.8 Å². The van der Waals surface area contributed by atoms with Crippen molar-refractivity contribution in [1.82, 2.24) is 0 Å². The lowest BCUT2D eigenvalue weighted by Gasteiger charge is -2.27. The fraction of sp³-hybridized carbons (Fsp3) is 0.300. The third kappa shape index (κ3) is 5.24. The maximum atomic E-state index is 12.6. The number of amides is 1. The van der Waals surface area contributed by atoms with Gasteiger partial charge < -0.3 is 10.4 Å². The summed E-state index contributed by atoms with van der Waals surface area (Å²) in [5, 5.41) is 12.6. The van der Waals surface area contributed by atoms with Crippen LogP contribution in [0.1, 0.15) is 25.7 Å². The van der Waals surface area contributed by atoms with E-state index >= 15 is 0 Å². The molecule has 0 heterocycles. The predicted octanol–water partition coefficient (Wildman–Crippen LogP) is 4.62. The molecule has 7 nitrogen and oxygen atoms in total. The van der Waals surface area contributed by atoms with Crippen molar-refractivity contribution in [3.05, 3.63) is 52.5 Å². The molecule has 10 heteroatoms. The molecule has 1 saturated carbocycles. The second kappa shape index (κ2) is 9.24. The highest BCUT2D eigenvalue weighted by Gasteiger charge is 2.35. The molecule has 0 aromatic heterocycles. The molecule has 0 radical (unpaired) electrons. The molecule has 0 spiro atoms. The van der Waals surface area contributed by atoms with Crippen LogP contribution in [-0.2, 0) is 19.6 Å². The largest absolute Gasteiger partial charge is 0.481 e. The van der Waals surface area contributed by atoms with Crippen LogP contribution in [0.3, 0.4) is 0 Å². The molecule has 3 N–H and O–H groups in total. The van der Waals surface area contributed by atoms with Crippen molar-refractivity contribution in [2.75, 3.05) is 10.0 Å². The normalized spacial score (nSPS) is 19.1. The molecule has 0 bridgehead atoms. The van der Waals surface area contributed by atoms with E-state index in [1.807, 2.05) is 0 Å². The highest BCUT2D eigenvalue weighted by atomic mass is 35.5. The number of nitrogens with one attached hydrogen (secondary N) is 2. The third-order valence-corrected chi connectivity index (χ3v) is 7.16. The number of hydrogen-bond donors (Lipinski definition) is 3. The van der Waals surface area contributed by atoms with Gasteiger partial charge in [-0.25, -0.2) is 8.42 Å². The maximum absolute atomic E-state index is 12.6. The van der Waals surface area contributed by atoms with Crippen LogP contribution >= 0.6 is 23.2 Å². The van der Waals surface area contributed by atoms with Crippen molar-refractivity contribution in [2.45, 2.75) is 30.6 Å². The van der Waals surface area contributed by atoms with Gasteiger partial charge in [-0.1, -0.05) is 36.0 Å². The monoisotopic (exact) mass is 470 g/mol. The predicted molar refractivity (Wildman–Crippen MR) is 115 cm³/mol. The van der Waals surface area contributed by atoms with Gasteiger partial charge in [0, 0.05) is 5.69 Å². The van der Waals surface area contributed by atoms with Crippen LogP contribution in [0.25, 0.3) is 0 Å². The van der Waals surface area contributed by atoms with E-state index in [1.54, 1.807) is 0 Å². The first kappa shape index (κ1) is 22.4. The molecular weight excluding hydrogens is 451 g/mol. The van der Waals surface area contributed by atoms with E-state index in [0.717, 1.165) is 12.8 Å². The lowest BCUT2D eigenvalue weighted by atomic mass is 9.78. The molecular formula is C20H20Cl2N2O5S. The number of benzene rings is 2. The number of anilines is 2. The summed E-state index contributed by atoms with van der Waals surface area (Å²) >= 11 is 11.7. The summed E-state index contributed by atoms with van der Waals surface area (Å²) in [6.45, 7) is 0. The molecule has 2 aromatic carbocycles. The number of sulfonamides is 1. The van der Waals surface area contributed by atoms with Crippen LogP contribution in [0.2, 0.25) is 10.0 Å². The molecule has 3 rings (SSSR count). The molecule has 1 aliphatic carbocycles. The van der Waals surface area contributed by atoms with E-state index in [9.17, 15) is 23.1 Å². The first-order valence-corrected chi connectivity index (χ1v) is 11.5. The topological polar surface area (TPSA) is 113 Å². The minimum absolute atomic E-state index is 0.00681. The zero-order chi connectivity index (χ0) is 21.9. The molecule has 30 heavy (non-hydrogen) atoms. The van der Waals surface area contributed by atoms with Crippen molar-refractivity contribution >= 4 is 56.5 Å². The number of hydrogen-bond acceptors (Lipinski definition) is 4. The molecule has 1 fully saturated rings. The Hall–Kier alpha value is -2.29. The van der Waals surface area contributed by atoms with Crippen LogP contribution < -0.4 is 10.0 Å². The summed E-state index contributed by atoms with van der Waals surface area (Å²) in [5.74, 6) is -2.64. The Kier molecular flexibility index (Phi) is 6.90. The Bertz CT molecular complexity index is 1060. The Labute approximate surface area is 184 Å². The average molecular weight is 471 g/mol. The summed E-state index contributed by atoms with van der Waals surface area (Å²) in [5.41, 5.74) is 0.655. The number of carboxylic acids is 1. The smallest absolute Gasteiger partial charge is 0.307 e. The zero-order valence-corrected chi connectivity index (χ0v) is 18.1. The van der Waals surface area contributed by atoms with E-state index in [4.69, 9.17) is 23.2 Å². The fourth-order valence-electron chi connectivity index (χ4n) is 3.47. The number of carboxylic acid groups (broad SMARTS) is 1. The van der Waals surface area contributed by atoms with Gasteiger partial charge in [0.15, 0.2) is 0 Å². The van der Waals surface area contributed by atoms with Gasteiger partial charge in [0.2, 0.25) is 5.91 Å². The summed E-state index contributed by atoms with van der Waals surface area (Å²) in [6.07, 6.45) is 2.59. The molecule has 0 aliphatic heterocycles. The first-order valence-electron chi connectivity index (χ1n) is 9.29. The van der Waals surface area contributed by atoms with Gasteiger partial charge in [-0.2, -0.15) is 0 Å². The molecule has 2 atom stereocenters. The quantitative estimate of drug-likeness (QED) is 0.569. The van der Waals surface area contributed by atoms with E-state index in [1.165, 1.54) is 42.5 Å². The maximum Gasteiger partial charge on any atom is 0.307 e. The van der Waals surface area contributed by atoms with Gasteiger partial charge in [0.05, 0.1) is 32.5 Å². The van der Waals surface area contributed by atoms with Gasteiger partial charge in [-0.05, 0) is 55.3 Å². The second-order valence-corrected chi connectivity index (χ2v) is 9.58. The van der Waals surface area contributed by atoms with E-state index in [0.29, 0.717) is 23.6 Å². The van der Waals surface area contributed by atoms with Gasteiger partial charge in [0.1, 0.15) is 0 Å². The van der Waals surface area contributed by atoms with Crippen molar-refractivity contribution in [3.63, 3.8) is 0 Å². The number of carbonyl (C=O) groups is 2. The Morgan fingerprint density at radius 3 is 2.10 bits per heavy atom. The number of aliphatic carboxylic acids is 1.